The fourth-order valence-corrected chi connectivity index (χ4v) is 5.71. The minimum absolute atomic E-state index is 0.0610. The largest absolute Gasteiger partial charge is 0.493 e. The Hall–Kier alpha value is -4.38. The van der Waals surface area contributed by atoms with Crippen molar-refractivity contribution in [3.8, 4) is 34.5 Å². The van der Waals surface area contributed by atoms with Crippen molar-refractivity contribution >= 4 is 24.1 Å². The second-order valence-corrected chi connectivity index (χ2v) is 10.2. The predicted octanol–water partition coefficient (Wildman–Crippen LogP) is 4.15. The first-order chi connectivity index (χ1) is 20.7. The van der Waals surface area contributed by atoms with Gasteiger partial charge in [0, 0.05) is 37.5 Å². The van der Waals surface area contributed by atoms with Crippen LogP contribution in [-0.4, -0.2) is 90.8 Å². The van der Waals surface area contributed by atoms with Gasteiger partial charge in [-0.15, -0.1) is 0 Å². The van der Waals surface area contributed by atoms with Gasteiger partial charge in [-0.05, 0) is 54.6 Å². The van der Waals surface area contributed by atoms with Crippen LogP contribution in [0.4, 0.5) is 0 Å². The molecule has 2 aliphatic heterocycles. The maximum absolute atomic E-state index is 12.8. The highest BCUT2D eigenvalue weighted by Gasteiger charge is 2.47. The number of rotatable bonds is 12. The van der Waals surface area contributed by atoms with Crippen molar-refractivity contribution in [2.24, 2.45) is 0 Å². The highest BCUT2D eigenvalue weighted by atomic mass is 16.6. The number of methoxy groups -OCH3 is 6. The Morgan fingerprint density at radius 3 is 1.51 bits per heavy atom. The average Bonchev–Trinajstić information content (AvgIpc) is 3.17. The Kier molecular flexibility index (Phi) is 10.4. The molecule has 2 aromatic carbocycles. The van der Waals surface area contributed by atoms with Crippen molar-refractivity contribution in [3.05, 3.63) is 47.5 Å². The van der Waals surface area contributed by atoms with E-state index < -0.39 is 11.9 Å². The molecule has 2 unspecified atom stereocenters. The second kappa shape index (κ2) is 14.2. The number of nitrogens with zero attached hydrogens (tertiary/aromatic N) is 1. The third-order valence-corrected chi connectivity index (χ3v) is 7.82. The van der Waals surface area contributed by atoms with Crippen LogP contribution in [0.1, 0.15) is 30.4 Å². The second-order valence-electron chi connectivity index (χ2n) is 10.2. The number of fused-ring (bicyclic) bond motifs is 2. The molecule has 2 aliphatic rings. The number of esters is 2. The van der Waals surface area contributed by atoms with Crippen LogP contribution in [0.3, 0.4) is 0 Å². The van der Waals surface area contributed by atoms with E-state index in [1.807, 2.05) is 7.05 Å². The van der Waals surface area contributed by atoms with E-state index in [4.69, 9.17) is 37.9 Å². The van der Waals surface area contributed by atoms with Crippen LogP contribution in [-0.2, 0) is 19.1 Å². The summed E-state index contributed by atoms with van der Waals surface area (Å²) in [4.78, 5) is 27.7. The maximum atomic E-state index is 12.8. The Balaban J connectivity index is 1.36. The number of likely N-dealkylation sites (N-methyl/N-ethyl adjacent to an activating group) is 1. The van der Waals surface area contributed by atoms with E-state index in [2.05, 4.69) is 4.90 Å². The molecular formula is C32H39NO10. The third kappa shape index (κ3) is 7.16. The summed E-state index contributed by atoms with van der Waals surface area (Å²) in [5.74, 6) is 1.98. The number of carbonyl (C=O) groups is 2. The van der Waals surface area contributed by atoms with E-state index >= 15 is 0 Å². The van der Waals surface area contributed by atoms with Gasteiger partial charge in [0.05, 0.1) is 48.7 Å². The number of hydrogen-bond donors (Lipinski definition) is 0. The van der Waals surface area contributed by atoms with Crippen LogP contribution in [0, 0.1) is 0 Å². The van der Waals surface area contributed by atoms with E-state index in [0.29, 0.717) is 64.9 Å². The van der Waals surface area contributed by atoms with Crippen molar-refractivity contribution in [1.82, 2.24) is 4.90 Å². The zero-order chi connectivity index (χ0) is 31.1. The van der Waals surface area contributed by atoms with Gasteiger partial charge in [-0.3, -0.25) is 4.90 Å². The normalized spacial score (nSPS) is 21.5. The molecule has 0 saturated carbocycles. The Bertz CT molecular complexity index is 1320. The third-order valence-electron chi connectivity index (χ3n) is 7.82. The number of hydrogen-bond acceptors (Lipinski definition) is 11. The summed E-state index contributed by atoms with van der Waals surface area (Å²) in [6, 6.07) is 7.06. The topological polar surface area (TPSA) is 111 Å². The lowest BCUT2D eigenvalue weighted by Crippen LogP contribution is -2.45. The minimum atomic E-state index is -0.457. The molecule has 2 heterocycles. The molecule has 0 aliphatic carbocycles. The lowest BCUT2D eigenvalue weighted by molar-refractivity contribution is -0.149. The van der Waals surface area contributed by atoms with Crippen LogP contribution in [0.5, 0.6) is 34.5 Å². The molecule has 4 rings (SSSR count). The van der Waals surface area contributed by atoms with Crippen molar-refractivity contribution in [3.63, 3.8) is 0 Å². The first-order valence-corrected chi connectivity index (χ1v) is 13.8. The minimum Gasteiger partial charge on any atom is -0.493 e. The molecule has 2 saturated heterocycles. The van der Waals surface area contributed by atoms with E-state index in [-0.39, 0.29) is 24.3 Å². The fraction of sp³-hybridized carbons (Fsp3) is 0.438. The van der Waals surface area contributed by atoms with E-state index in [1.165, 1.54) is 54.8 Å². The summed E-state index contributed by atoms with van der Waals surface area (Å²) in [5.41, 5.74) is 1.39. The highest BCUT2D eigenvalue weighted by molar-refractivity contribution is 5.88. The molecule has 11 nitrogen and oxygen atoms in total. The summed E-state index contributed by atoms with van der Waals surface area (Å²) in [6.07, 6.45) is 7.33. The quantitative estimate of drug-likeness (QED) is 0.260. The van der Waals surface area contributed by atoms with E-state index in [9.17, 15) is 9.59 Å². The van der Waals surface area contributed by atoms with Gasteiger partial charge in [0.25, 0.3) is 0 Å². The van der Waals surface area contributed by atoms with Crippen LogP contribution in [0.2, 0.25) is 0 Å². The molecule has 43 heavy (non-hydrogen) atoms. The molecule has 2 aromatic rings. The van der Waals surface area contributed by atoms with Gasteiger partial charge in [0.1, 0.15) is 12.2 Å². The zero-order valence-electron chi connectivity index (χ0n) is 25.6. The molecule has 2 fully saturated rings. The number of piperidine rings is 1. The van der Waals surface area contributed by atoms with Gasteiger partial charge in [-0.25, -0.2) is 9.59 Å². The lowest BCUT2D eigenvalue weighted by Gasteiger charge is -2.36. The summed E-state index contributed by atoms with van der Waals surface area (Å²) in [7, 11) is 11.2. The van der Waals surface area contributed by atoms with Gasteiger partial charge < -0.3 is 37.9 Å². The molecule has 232 valence electrons. The fourth-order valence-electron chi connectivity index (χ4n) is 5.71. The van der Waals surface area contributed by atoms with Crippen molar-refractivity contribution < 1.29 is 47.5 Å². The van der Waals surface area contributed by atoms with Gasteiger partial charge in [0.2, 0.25) is 11.5 Å². The zero-order valence-corrected chi connectivity index (χ0v) is 25.6. The smallest absolute Gasteiger partial charge is 0.331 e. The van der Waals surface area contributed by atoms with Gasteiger partial charge in [0.15, 0.2) is 23.0 Å². The average molecular weight is 598 g/mol. The van der Waals surface area contributed by atoms with E-state index in [0.717, 1.165) is 0 Å². The van der Waals surface area contributed by atoms with Crippen molar-refractivity contribution in [2.45, 2.75) is 43.6 Å². The maximum Gasteiger partial charge on any atom is 0.331 e. The Morgan fingerprint density at radius 2 is 1.09 bits per heavy atom. The van der Waals surface area contributed by atoms with Crippen molar-refractivity contribution in [1.29, 1.82) is 0 Å². The van der Waals surface area contributed by atoms with Gasteiger partial charge in [-0.1, -0.05) is 0 Å². The monoisotopic (exact) mass is 597 g/mol. The first-order valence-electron chi connectivity index (χ1n) is 13.8. The summed E-state index contributed by atoms with van der Waals surface area (Å²) in [5, 5.41) is 0. The lowest BCUT2D eigenvalue weighted by atomic mass is 10.0. The molecule has 2 bridgehead atoms. The molecular weight excluding hydrogens is 558 g/mol. The van der Waals surface area contributed by atoms with Crippen LogP contribution in [0.15, 0.2) is 36.4 Å². The number of ether oxygens (including phenoxy) is 8. The van der Waals surface area contributed by atoms with Crippen LogP contribution >= 0.6 is 0 Å². The molecule has 0 aromatic heterocycles. The molecule has 0 amide bonds. The van der Waals surface area contributed by atoms with Crippen LogP contribution in [0.25, 0.3) is 12.2 Å². The van der Waals surface area contributed by atoms with Crippen LogP contribution < -0.4 is 28.4 Å². The molecule has 11 heteroatoms. The Labute approximate surface area is 251 Å². The van der Waals surface area contributed by atoms with Gasteiger partial charge >= 0.3 is 11.9 Å². The molecule has 0 N–H and O–H groups in total. The Morgan fingerprint density at radius 1 is 0.651 bits per heavy atom. The highest BCUT2D eigenvalue weighted by Crippen LogP contribution is 2.40. The predicted molar refractivity (Wildman–Crippen MR) is 159 cm³/mol. The standard InChI is InChI=1S/C32H39NO10/c1-33-21-16-22(42-29(34)10-8-19-12-25(36-2)31(40-6)26(13-19)37-3)18-23(33)24(17-21)43-30(35)11-9-20-14-27(38-4)32(41-7)28(15-20)39-5/h8-15,21-24H,16-18H2,1-7H3/b10-8+,11-9+/t21?,22-,23?,24-/m0/s1. The van der Waals surface area contributed by atoms with E-state index in [1.54, 1.807) is 36.4 Å². The molecule has 0 spiro atoms. The first kappa shape index (κ1) is 31.6. The summed E-state index contributed by atoms with van der Waals surface area (Å²) >= 11 is 0. The molecule has 4 atom stereocenters. The summed E-state index contributed by atoms with van der Waals surface area (Å²) < 4.78 is 43.9. The SMILES string of the molecule is COc1cc(/C=C/C(=O)O[C@H]2CC3C[C@H](OC(=O)/C=C/c4cc(OC)c(OC)c(OC)c4)C(C2)N3C)cc(OC)c1OC. The van der Waals surface area contributed by atoms with Crippen molar-refractivity contribution in [2.75, 3.05) is 49.7 Å². The van der Waals surface area contributed by atoms with Gasteiger partial charge in [-0.2, -0.15) is 0 Å². The number of benzene rings is 2. The molecule has 0 radical (unpaired) electrons. The summed E-state index contributed by atoms with van der Waals surface area (Å²) in [6.45, 7) is 0. The number of carbonyl (C=O) groups excluding carboxylic acids is 2.